The molecule has 110 valence electrons. The summed E-state index contributed by atoms with van der Waals surface area (Å²) in [6.45, 7) is 4.56. The smallest absolute Gasteiger partial charge is 0.339 e. The van der Waals surface area contributed by atoms with Gasteiger partial charge in [-0.25, -0.2) is 9.78 Å². The summed E-state index contributed by atoms with van der Waals surface area (Å²) in [5, 5.41) is 11.8. The van der Waals surface area contributed by atoms with Crippen molar-refractivity contribution in [1.29, 1.82) is 0 Å². The van der Waals surface area contributed by atoms with Crippen molar-refractivity contribution in [2.24, 2.45) is 5.92 Å². The van der Waals surface area contributed by atoms with Crippen LogP contribution in [0.25, 0.3) is 0 Å². The van der Waals surface area contributed by atoms with Crippen molar-refractivity contribution in [1.82, 2.24) is 4.98 Å². The van der Waals surface area contributed by atoms with Crippen molar-refractivity contribution in [3.05, 3.63) is 23.9 Å². The first kappa shape index (κ1) is 15.9. The van der Waals surface area contributed by atoms with Crippen LogP contribution in [0.3, 0.4) is 0 Å². The van der Waals surface area contributed by atoms with E-state index in [1.807, 2.05) is 6.92 Å². The Hall–Kier alpha value is -2.11. The minimum atomic E-state index is -0.802. The topological polar surface area (TPSA) is 88.5 Å². The van der Waals surface area contributed by atoms with Gasteiger partial charge in [0.05, 0.1) is 12.2 Å². The minimum Gasteiger partial charge on any atom is -0.481 e. The number of pyridine rings is 1. The maximum absolute atomic E-state index is 11.4. The molecule has 1 unspecified atom stereocenters. The highest BCUT2D eigenvalue weighted by atomic mass is 16.5. The van der Waals surface area contributed by atoms with E-state index in [9.17, 15) is 9.59 Å². The van der Waals surface area contributed by atoms with Crippen LogP contribution >= 0.6 is 0 Å². The summed E-state index contributed by atoms with van der Waals surface area (Å²) in [5.74, 6) is -0.533. The van der Waals surface area contributed by atoms with Gasteiger partial charge in [0.15, 0.2) is 0 Å². The molecule has 6 heteroatoms. The SMILES string of the molecule is CCOC(=O)c1ccc(NCC(CC)CC(=O)O)nc1. The zero-order valence-corrected chi connectivity index (χ0v) is 11.8. The van der Waals surface area contributed by atoms with E-state index in [-0.39, 0.29) is 12.3 Å². The number of nitrogens with one attached hydrogen (secondary N) is 1. The fourth-order valence-corrected chi connectivity index (χ4v) is 1.69. The fourth-order valence-electron chi connectivity index (χ4n) is 1.69. The van der Waals surface area contributed by atoms with Crippen LogP contribution in [0.4, 0.5) is 5.82 Å². The Labute approximate surface area is 118 Å². The molecule has 0 aliphatic carbocycles. The second kappa shape index (κ2) is 8.14. The highest BCUT2D eigenvalue weighted by Gasteiger charge is 2.11. The van der Waals surface area contributed by atoms with Gasteiger partial charge in [0, 0.05) is 19.2 Å². The lowest BCUT2D eigenvalue weighted by Gasteiger charge is -2.13. The quantitative estimate of drug-likeness (QED) is 0.709. The summed E-state index contributed by atoms with van der Waals surface area (Å²) >= 11 is 0. The number of hydrogen-bond acceptors (Lipinski definition) is 5. The first-order valence-corrected chi connectivity index (χ1v) is 6.65. The van der Waals surface area contributed by atoms with E-state index in [1.165, 1.54) is 6.20 Å². The Morgan fingerprint density at radius 3 is 2.65 bits per heavy atom. The lowest BCUT2D eigenvalue weighted by atomic mass is 10.0. The molecule has 1 aromatic heterocycles. The van der Waals surface area contributed by atoms with Crippen LogP contribution in [0.2, 0.25) is 0 Å². The molecule has 0 amide bonds. The average Bonchev–Trinajstić information content (AvgIpc) is 2.44. The Morgan fingerprint density at radius 1 is 1.40 bits per heavy atom. The molecule has 0 aromatic carbocycles. The van der Waals surface area contributed by atoms with Gasteiger partial charge in [-0.2, -0.15) is 0 Å². The second-order valence-corrected chi connectivity index (χ2v) is 4.41. The van der Waals surface area contributed by atoms with E-state index >= 15 is 0 Å². The van der Waals surface area contributed by atoms with E-state index in [0.717, 1.165) is 6.42 Å². The van der Waals surface area contributed by atoms with Gasteiger partial charge >= 0.3 is 11.9 Å². The van der Waals surface area contributed by atoms with Crippen LogP contribution in [0, 0.1) is 5.92 Å². The molecular weight excluding hydrogens is 260 g/mol. The van der Waals surface area contributed by atoms with Gasteiger partial charge in [0.2, 0.25) is 0 Å². The minimum absolute atomic E-state index is 0.0547. The van der Waals surface area contributed by atoms with Crippen molar-refractivity contribution in [3.63, 3.8) is 0 Å². The van der Waals surface area contributed by atoms with Gasteiger partial charge in [-0.05, 0) is 25.0 Å². The summed E-state index contributed by atoms with van der Waals surface area (Å²) in [6.07, 6.45) is 2.35. The number of carbonyl (C=O) groups excluding carboxylic acids is 1. The summed E-state index contributed by atoms with van der Waals surface area (Å²) in [7, 11) is 0. The summed E-state index contributed by atoms with van der Waals surface area (Å²) in [6, 6.07) is 3.31. The fraction of sp³-hybridized carbons (Fsp3) is 0.500. The Morgan fingerprint density at radius 2 is 2.15 bits per heavy atom. The maximum Gasteiger partial charge on any atom is 0.339 e. The molecular formula is C14H20N2O4. The van der Waals surface area contributed by atoms with Gasteiger partial charge in [0.25, 0.3) is 0 Å². The molecule has 0 radical (unpaired) electrons. The molecule has 2 N–H and O–H groups in total. The number of carbonyl (C=O) groups is 2. The molecule has 0 aliphatic heterocycles. The van der Waals surface area contributed by atoms with Crippen molar-refractivity contribution in [2.45, 2.75) is 26.7 Å². The Balaban J connectivity index is 2.52. The van der Waals surface area contributed by atoms with Crippen LogP contribution in [-0.4, -0.2) is 35.2 Å². The van der Waals surface area contributed by atoms with Gasteiger partial charge in [0.1, 0.15) is 5.82 Å². The molecule has 1 rings (SSSR count). The Bertz CT molecular complexity index is 445. The van der Waals surface area contributed by atoms with E-state index in [0.29, 0.717) is 24.5 Å². The number of rotatable bonds is 8. The largest absolute Gasteiger partial charge is 0.481 e. The summed E-state index contributed by atoms with van der Waals surface area (Å²) in [5.41, 5.74) is 0.398. The molecule has 6 nitrogen and oxygen atoms in total. The number of hydrogen-bond donors (Lipinski definition) is 2. The van der Waals surface area contributed by atoms with Crippen LogP contribution in [0.5, 0.6) is 0 Å². The molecule has 0 aliphatic rings. The van der Waals surface area contributed by atoms with Gasteiger partial charge in [-0.1, -0.05) is 13.3 Å². The zero-order chi connectivity index (χ0) is 15.0. The second-order valence-electron chi connectivity index (χ2n) is 4.41. The average molecular weight is 280 g/mol. The number of carboxylic acid groups (broad SMARTS) is 1. The van der Waals surface area contributed by atoms with Crippen molar-refractivity contribution in [2.75, 3.05) is 18.5 Å². The predicted octanol–water partition coefficient (Wildman–Crippen LogP) is 2.17. The lowest BCUT2D eigenvalue weighted by molar-refractivity contribution is -0.138. The lowest BCUT2D eigenvalue weighted by Crippen LogP contribution is -2.17. The highest BCUT2D eigenvalue weighted by molar-refractivity contribution is 5.89. The van der Waals surface area contributed by atoms with Crippen molar-refractivity contribution in [3.8, 4) is 0 Å². The molecule has 0 saturated carbocycles. The molecule has 1 aromatic rings. The summed E-state index contributed by atoms with van der Waals surface area (Å²) in [4.78, 5) is 26.2. The monoisotopic (exact) mass is 280 g/mol. The third-order valence-corrected chi connectivity index (χ3v) is 2.89. The Kier molecular flexibility index (Phi) is 6.49. The van der Waals surface area contributed by atoms with Crippen LogP contribution in [0.15, 0.2) is 18.3 Å². The maximum atomic E-state index is 11.4. The molecule has 1 atom stereocenters. The van der Waals surface area contributed by atoms with Crippen molar-refractivity contribution < 1.29 is 19.4 Å². The van der Waals surface area contributed by atoms with Gasteiger partial charge < -0.3 is 15.2 Å². The standard InChI is InChI=1S/C14H20N2O4/c1-3-10(7-13(17)18)8-15-12-6-5-11(9-16-12)14(19)20-4-2/h5-6,9-10H,3-4,7-8H2,1-2H3,(H,15,16)(H,17,18). The number of anilines is 1. The number of esters is 1. The number of nitrogens with zero attached hydrogens (tertiary/aromatic N) is 1. The van der Waals surface area contributed by atoms with Crippen LogP contribution in [0.1, 0.15) is 37.0 Å². The van der Waals surface area contributed by atoms with E-state index in [1.54, 1.807) is 19.1 Å². The number of ether oxygens (including phenoxy) is 1. The van der Waals surface area contributed by atoms with E-state index in [2.05, 4.69) is 10.3 Å². The first-order chi connectivity index (χ1) is 9.56. The van der Waals surface area contributed by atoms with E-state index < -0.39 is 11.9 Å². The molecule has 0 bridgehead atoms. The van der Waals surface area contributed by atoms with Crippen molar-refractivity contribution >= 4 is 17.8 Å². The molecule has 0 spiro atoms. The summed E-state index contributed by atoms with van der Waals surface area (Å²) < 4.78 is 4.86. The molecule has 0 fully saturated rings. The first-order valence-electron chi connectivity index (χ1n) is 6.65. The van der Waals surface area contributed by atoms with Gasteiger partial charge in [-0.3, -0.25) is 4.79 Å². The zero-order valence-electron chi connectivity index (χ0n) is 11.8. The molecule has 0 saturated heterocycles. The highest BCUT2D eigenvalue weighted by Crippen LogP contribution is 2.11. The number of aromatic nitrogens is 1. The molecule has 1 heterocycles. The van der Waals surface area contributed by atoms with Crippen LogP contribution in [-0.2, 0) is 9.53 Å². The molecule has 20 heavy (non-hydrogen) atoms. The predicted molar refractivity (Wildman–Crippen MR) is 74.7 cm³/mol. The third kappa shape index (κ3) is 5.26. The number of carboxylic acids is 1. The van der Waals surface area contributed by atoms with Gasteiger partial charge in [-0.15, -0.1) is 0 Å². The third-order valence-electron chi connectivity index (χ3n) is 2.89. The van der Waals surface area contributed by atoms with E-state index in [4.69, 9.17) is 9.84 Å². The van der Waals surface area contributed by atoms with Crippen LogP contribution < -0.4 is 5.32 Å². The number of aliphatic carboxylic acids is 1. The normalized spacial score (nSPS) is 11.7.